The van der Waals surface area contributed by atoms with Gasteiger partial charge in [0.15, 0.2) is 5.78 Å². The van der Waals surface area contributed by atoms with Crippen molar-refractivity contribution in [3.8, 4) is 5.75 Å². The lowest BCUT2D eigenvalue weighted by Gasteiger charge is -2.33. The zero-order chi connectivity index (χ0) is 27.9. The highest BCUT2D eigenvalue weighted by Crippen LogP contribution is 2.23. The molecule has 0 spiro atoms. The number of carbonyl (C=O) groups excluding carboxylic acids is 3. The Hall–Kier alpha value is -3.40. The lowest BCUT2D eigenvalue weighted by Crippen LogP contribution is -2.53. The summed E-state index contributed by atoms with van der Waals surface area (Å²) in [5.74, 6) is -0.391. The minimum absolute atomic E-state index is 0.0761. The predicted octanol–water partition coefficient (Wildman–Crippen LogP) is 3.53. The van der Waals surface area contributed by atoms with Crippen LogP contribution in [0.25, 0.3) is 0 Å². The van der Waals surface area contributed by atoms with E-state index in [9.17, 15) is 22.8 Å². The van der Waals surface area contributed by atoms with Crippen molar-refractivity contribution in [1.82, 2.24) is 10.2 Å². The molecule has 9 nitrogen and oxygen atoms in total. The van der Waals surface area contributed by atoms with E-state index in [2.05, 4.69) is 5.32 Å². The van der Waals surface area contributed by atoms with Crippen molar-refractivity contribution in [2.45, 2.75) is 64.6 Å². The molecule has 1 atom stereocenters. The molecule has 10 heteroatoms. The second kappa shape index (κ2) is 12.9. The van der Waals surface area contributed by atoms with Crippen molar-refractivity contribution in [3.63, 3.8) is 0 Å². The van der Waals surface area contributed by atoms with Gasteiger partial charge in [0, 0.05) is 18.2 Å². The largest absolute Gasteiger partial charge is 0.497 e. The van der Waals surface area contributed by atoms with Crippen LogP contribution in [0.15, 0.2) is 48.5 Å². The number of amides is 2. The maximum atomic E-state index is 13.8. The highest BCUT2D eigenvalue weighted by molar-refractivity contribution is 7.92. The minimum atomic E-state index is -3.89. The highest BCUT2D eigenvalue weighted by Gasteiger charge is 2.33. The SMILES string of the molecule is CC[C@H](C(=O)NC1CCCC1)N(Cc1cccc(OC)c1)C(=O)CN(c1cccc(C(C)=O)c1)S(C)(=O)=O. The number of carbonyl (C=O) groups is 3. The van der Waals surface area contributed by atoms with Crippen molar-refractivity contribution >= 4 is 33.3 Å². The molecule has 0 unspecified atom stereocenters. The van der Waals surface area contributed by atoms with E-state index >= 15 is 0 Å². The van der Waals surface area contributed by atoms with Gasteiger partial charge in [0.05, 0.1) is 19.1 Å². The van der Waals surface area contributed by atoms with Crippen molar-refractivity contribution in [1.29, 1.82) is 0 Å². The molecule has 38 heavy (non-hydrogen) atoms. The van der Waals surface area contributed by atoms with Gasteiger partial charge in [0.2, 0.25) is 21.8 Å². The molecule has 0 saturated heterocycles. The van der Waals surface area contributed by atoms with E-state index in [1.54, 1.807) is 37.4 Å². The number of hydrogen-bond donors (Lipinski definition) is 1. The van der Waals surface area contributed by atoms with Crippen molar-refractivity contribution in [2.24, 2.45) is 0 Å². The molecule has 1 N–H and O–H groups in total. The molecule has 1 aliphatic carbocycles. The average molecular weight is 544 g/mol. The fraction of sp³-hybridized carbons (Fsp3) is 0.464. The molecule has 0 bridgehead atoms. The second-order valence-electron chi connectivity index (χ2n) is 9.66. The number of Topliss-reactive ketones (excluding diaryl/α,β-unsaturated/α-hetero) is 1. The number of ketones is 1. The van der Waals surface area contributed by atoms with Crippen molar-refractivity contribution in [3.05, 3.63) is 59.7 Å². The molecular weight excluding hydrogens is 506 g/mol. The number of methoxy groups -OCH3 is 1. The first-order valence-corrected chi connectivity index (χ1v) is 14.7. The summed E-state index contributed by atoms with van der Waals surface area (Å²) in [7, 11) is -2.34. The van der Waals surface area contributed by atoms with Crippen LogP contribution in [0.3, 0.4) is 0 Å². The van der Waals surface area contributed by atoms with Gasteiger partial charge in [0.25, 0.3) is 0 Å². The van der Waals surface area contributed by atoms with E-state index in [-0.39, 0.29) is 30.0 Å². The Labute approximate surface area is 225 Å². The number of rotatable bonds is 12. The minimum Gasteiger partial charge on any atom is -0.497 e. The van der Waals surface area contributed by atoms with Gasteiger partial charge in [-0.15, -0.1) is 0 Å². The molecule has 0 aliphatic heterocycles. The number of ether oxygens (including phenoxy) is 1. The molecule has 2 amide bonds. The Morgan fingerprint density at radius 2 is 1.76 bits per heavy atom. The van der Waals surface area contributed by atoms with E-state index < -0.39 is 28.5 Å². The summed E-state index contributed by atoms with van der Waals surface area (Å²) in [5, 5.41) is 3.08. The number of nitrogens with zero attached hydrogens (tertiary/aromatic N) is 2. The Bertz CT molecular complexity index is 1260. The number of sulfonamides is 1. The van der Waals surface area contributed by atoms with Gasteiger partial charge in [0.1, 0.15) is 18.3 Å². The summed E-state index contributed by atoms with van der Waals surface area (Å²) in [5.41, 5.74) is 1.28. The predicted molar refractivity (Wildman–Crippen MR) is 147 cm³/mol. The summed E-state index contributed by atoms with van der Waals surface area (Å²) < 4.78 is 31.9. The first-order chi connectivity index (χ1) is 18.0. The maximum absolute atomic E-state index is 13.8. The van der Waals surface area contributed by atoms with E-state index in [1.165, 1.54) is 24.0 Å². The summed E-state index contributed by atoms with van der Waals surface area (Å²) in [6.45, 7) is 2.80. The first kappa shape index (κ1) is 29.2. The van der Waals surface area contributed by atoms with Crippen LogP contribution in [0.5, 0.6) is 5.75 Å². The number of nitrogens with one attached hydrogen (secondary N) is 1. The van der Waals surface area contributed by atoms with Gasteiger partial charge in [-0.05, 0) is 56.0 Å². The average Bonchev–Trinajstić information content (AvgIpc) is 3.39. The number of hydrogen-bond acceptors (Lipinski definition) is 6. The number of benzene rings is 2. The second-order valence-corrected chi connectivity index (χ2v) is 11.6. The zero-order valence-corrected chi connectivity index (χ0v) is 23.3. The van der Waals surface area contributed by atoms with E-state index in [4.69, 9.17) is 4.74 Å². The smallest absolute Gasteiger partial charge is 0.244 e. The molecule has 1 saturated carbocycles. The summed E-state index contributed by atoms with van der Waals surface area (Å²) in [4.78, 5) is 40.5. The molecule has 1 fully saturated rings. The third-order valence-corrected chi connectivity index (χ3v) is 7.93. The van der Waals surface area contributed by atoms with Crippen LogP contribution >= 0.6 is 0 Å². The topological polar surface area (TPSA) is 113 Å². The van der Waals surface area contributed by atoms with Crippen LogP contribution in [0.2, 0.25) is 0 Å². The molecule has 0 heterocycles. The first-order valence-electron chi connectivity index (χ1n) is 12.8. The Balaban J connectivity index is 1.96. The molecule has 0 aromatic heterocycles. The summed E-state index contributed by atoms with van der Waals surface area (Å²) in [6.07, 6.45) is 5.28. The quantitative estimate of drug-likeness (QED) is 0.410. The normalized spacial score (nSPS) is 14.5. The molecule has 2 aromatic carbocycles. The third kappa shape index (κ3) is 7.56. The molecular formula is C28H37N3O6S. The van der Waals surface area contributed by atoms with Gasteiger partial charge < -0.3 is 15.0 Å². The Morgan fingerprint density at radius 1 is 1.08 bits per heavy atom. The van der Waals surface area contributed by atoms with Crippen LogP contribution < -0.4 is 14.4 Å². The summed E-state index contributed by atoms with van der Waals surface area (Å²) >= 11 is 0. The van der Waals surface area contributed by atoms with E-state index in [0.717, 1.165) is 41.8 Å². The van der Waals surface area contributed by atoms with Gasteiger partial charge in [-0.2, -0.15) is 0 Å². The van der Waals surface area contributed by atoms with Gasteiger partial charge in [-0.3, -0.25) is 18.7 Å². The third-order valence-electron chi connectivity index (χ3n) is 6.79. The van der Waals surface area contributed by atoms with Crippen LogP contribution in [0, 0.1) is 0 Å². The Kier molecular flexibility index (Phi) is 9.90. The molecule has 2 aromatic rings. The highest BCUT2D eigenvalue weighted by atomic mass is 32.2. The lowest BCUT2D eigenvalue weighted by atomic mass is 10.1. The van der Waals surface area contributed by atoms with Crippen molar-refractivity contribution < 1.29 is 27.5 Å². The standard InChI is InChI=1S/C28H37N3O6S/c1-5-26(28(34)29-23-12-6-7-13-23)30(18-21-10-8-15-25(16-21)37-3)27(33)19-31(38(4,35)36)24-14-9-11-22(17-24)20(2)32/h8-11,14-17,23,26H,5-7,12-13,18-19H2,1-4H3,(H,29,34)/t26-/m1/s1. The summed E-state index contributed by atoms with van der Waals surface area (Å²) in [6, 6.07) is 12.6. The number of anilines is 1. The van der Waals surface area contributed by atoms with Crippen LogP contribution in [-0.4, -0.2) is 62.9 Å². The van der Waals surface area contributed by atoms with Crippen LogP contribution in [0.4, 0.5) is 5.69 Å². The van der Waals surface area contributed by atoms with Gasteiger partial charge in [-0.1, -0.05) is 44.0 Å². The van der Waals surface area contributed by atoms with E-state index in [1.807, 2.05) is 13.0 Å². The maximum Gasteiger partial charge on any atom is 0.244 e. The van der Waals surface area contributed by atoms with Crippen LogP contribution in [0.1, 0.15) is 61.9 Å². The fourth-order valence-electron chi connectivity index (χ4n) is 4.75. The molecule has 0 radical (unpaired) electrons. The van der Waals surface area contributed by atoms with Gasteiger partial charge >= 0.3 is 0 Å². The van der Waals surface area contributed by atoms with Crippen LogP contribution in [-0.2, 0) is 26.2 Å². The van der Waals surface area contributed by atoms with Gasteiger partial charge in [-0.25, -0.2) is 8.42 Å². The zero-order valence-electron chi connectivity index (χ0n) is 22.5. The molecule has 1 aliphatic rings. The molecule has 206 valence electrons. The fourth-order valence-corrected chi connectivity index (χ4v) is 5.59. The van der Waals surface area contributed by atoms with Crippen molar-refractivity contribution in [2.75, 3.05) is 24.2 Å². The molecule has 3 rings (SSSR count). The van der Waals surface area contributed by atoms with E-state index in [0.29, 0.717) is 17.7 Å². The lowest BCUT2D eigenvalue weighted by molar-refractivity contribution is -0.140. The monoisotopic (exact) mass is 543 g/mol. The Morgan fingerprint density at radius 3 is 2.37 bits per heavy atom.